The van der Waals surface area contributed by atoms with E-state index in [1.165, 1.54) is 31.4 Å². The number of non-ortho nitro benzene ring substituents is 1. The molecule has 0 radical (unpaired) electrons. The van der Waals surface area contributed by atoms with Crippen LogP contribution in [0.15, 0.2) is 103 Å². The SMILES string of the molecule is COC(=O)[C@H](Cc1ccc(-c2ccc(OCc3ccccc3)cc2)cc1)NC(=O)Oc1ccc([N+](=O)[O-])cc1. The van der Waals surface area contributed by atoms with Crippen LogP contribution in [0.25, 0.3) is 11.1 Å². The van der Waals surface area contributed by atoms with Crippen LogP contribution in [0.3, 0.4) is 0 Å². The Bertz CT molecular complexity index is 1400. The zero-order valence-electron chi connectivity index (χ0n) is 21.1. The van der Waals surface area contributed by atoms with Crippen molar-refractivity contribution in [1.82, 2.24) is 5.32 Å². The molecule has 1 atom stereocenters. The highest BCUT2D eigenvalue weighted by Gasteiger charge is 2.23. The average molecular weight is 527 g/mol. The number of nitrogens with zero attached hydrogens (tertiary/aromatic N) is 1. The van der Waals surface area contributed by atoms with Gasteiger partial charge >= 0.3 is 12.1 Å². The van der Waals surface area contributed by atoms with E-state index in [0.717, 1.165) is 28.0 Å². The number of esters is 1. The third kappa shape index (κ3) is 7.65. The van der Waals surface area contributed by atoms with E-state index in [2.05, 4.69) is 5.32 Å². The zero-order valence-corrected chi connectivity index (χ0v) is 21.1. The summed E-state index contributed by atoms with van der Waals surface area (Å²) in [6.45, 7) is 0.492. The van der Waals surface area contributed by atoms with Gasteiger partial charge in [-0.25, -0.2) is 9.59 Å². The molecule has 9 nitrogen and oxygen atoms in total. The van der Waals surface area contributed by atoms with Crippen molar-refractivity contribution in [3.8, 4) is 22.6 Å². The molecule has 4 aromatic carbocycles. The molecule has 0 aliphatic carbocycles. The molecule has 0 unspecified atom stereocenters. The van der Waals surface area contributed by atoms with Gasteiger partial charge in [0.15, 0.2) is 0 Å². The monoisotopic (exact) mass is 526 g/mol. The first-order valence-corrected chi connectivity index (χ1v) is 12.1. The predicted octanol–water partition coefficient (Wildman–Crippen LogP) is 5.71. The molecular formula is C30H26N2O7. The number of nitro benzene ring substituents is 1. The summed E-state index contributed by atoms with van der Waals surface area (Å²) < 4.78 is 15.8. The highest BCUT2D eigenvalue weighted by Crippen LogP contribution is 2.24. The van der Waals surface area contributed by atoms with Crippen molar-refractivity contribution in [2.24, 2.45) is 0 Å². The number of rotatable bonds is 10. The summed E-state index contributed by atoms with van der Waals surface area (Å²) in [5, 5.41) is 13.3. The van der Waals surface area contributed by atoms with Gasteiger partial charge in [-0.15, -0.1) is 0 Å². The molecule has 0 saturated carbocycles. The minimum atomic E-state index is -0.993. The van der Waals surface area contributed by atoms with Crippen molar-refractivity contribution in [2.45, 2.75) is 19.1 Å². The van der Waals surface area contributed by atoms with Gasteiger partial charge in [0, 0.05) is 18.6 Å². The van der Waals surface area contributed by atoms with Gasteiger partial charge in [-0.3, -0.25) is 10.1 Å². The fraction of sp³-hybridized carbons (Fsp3) is 0.133. The summed E-state index contributed by atoms with van der Waals surface area (Å²) in [6, 6.07) is 29.4. The Balaban J connectivity index is 1.35. The second kappa shape index (κ2) is 12.9. The number of amides is 1. The topological polar surface area (TPSA) is 117 Å². The molecular weight excluding hydrogens is 500 g/mol. The molecule has 0 fully saturated rings. The lowest BCUT2D eigenvalue weighted by Crippen LogP contribution is -2.44. The van der Waals surface area contributed by atoms with E-state index >= 15 is 0 Å². The first-order valence-electron chi connectivity index (χ1n) is 12.1. The fourth-order valence-electron chi connectivity index (χ4n) is 3.80. The number of hydrogen-bond donors (Lipinski definition) is 1. The molecule has 4 rings (SSSR count). The minimum absolute atomic E-state index is 0.0996. The van der Waals surface area contributed by atoms with E-state index < -0.39 is 23.0 Å². The van der Waals surface area contributed by atoms with Gasteiger partial charge in [-0.05, 0) is 46.5 Å². The maximum atomic E-state index is 12.4. The lowest BCUT2D eigenvalue weighted by atomic mass is 10.0. The van der Waals surface area contributed by atoms with Gasteiger partial charge < -0.3 is 19.5 Å². The Morgan fingerprint density at radius 1 is 0.795 bits per heavy atom. The molecule has 0 heterocycles. The van der Waals surface area contributed by atoms with Crippen LogP contribution >= 0.6 is 0 Å². The second-order valence-electron chi connectivity index (χ2n) is 8.56. The fourth-order valence-corrected chi connectivity index (χ4v) is 3.80. The number of nitro groups is 1. The third-order valence-corrected chi connectivity index (χ3v) is 5.87. The number of methoxy groups -OCH3 is 1. The Hall–Kier alpha value is -5.18. The predicted molar refractivity (Wildman–Crippen MR) is 144 cm³/mol. The molecule has 9 heteroatoms. The summed E-state index contributed by atoms with van der Waals surface area (Å²) in [5.74, 6) is 0.236. The third-order valence-electron chi connectivity index (χ3n) is 5.87. The Morgan fingerprint density at radius 3 is 1.97 bits per heavy atom. The molecule has 4 aromatic rings. The molecule has 39 heavy (non-hydrogen) atoms. The summed E-state index contributed by atoms with van der Waals surface area (Å²) in [5.41, 5.74) is 3.74. The van der Waals surface area contributed by atoms with E-state index in [1.54, 1.807) is 0 Å². The highest BCUT2D eigenvalue weighted by molar-refractivity contribution is 5.82. The molecule has 198 valence electrons. The molecule has 1 amide bonds. The van der Waals surface area contributed by atoms with Crippen molar-refractivity contribution in [3.63, 3.8) is 0 Å². The lowest BCUT2D eigenvalue weighted by molar-refractivity contribution is -0.384. The largest absolute Gasteiger partial charge is 0.489 e. The van der Waals surface area contributed by atoms with Gasteiger partial charge in [0.1, 0.15) is 24.1 Å². The number of benzene rings is 4. The second-order valence-corrected chi connectivity index (χ2v) is 8.56. The zero-order chi connectivity index (χ0) is 27.6. The summed E-state index contributed by atoms with van der Waals surface area (Å²) >= 11 is 0. The number of carbonyl (C=O) groups is 2. The van der Waals surface area contributed by atoms with E-state index in [4.69, 9.17) is 14.2 Å². The van der Waals surface area contributed by atoms with Gasteiger partial charge in [-0.1, -0.05) is 66.7 Å². The van der Waals surface area contributed by atoms with Crippen LogP contribution in [0.1, 0.15) is 11.1 Å². The molecule has 0 saturated heterocycles. The van der Waals surface area contributed by atoms with Crippen LogP contribution in [0.5, 0.6) is 11.5 Å². The molecule has 0 aliphatic rings. The standard InChI is InChI=1S/C30H26N2O7/c1-37-29(33)28(31-30(34)39-27-17-13-25(14-18-27)32(35)36)19-21-7-9-23(10-8-21)24-11-15-26(16-12-24)38-20-22-5-3-2-4-6-22/h2-18,28H,19-20H2,1H3,(H,31,34)/t28-/m0/s1. The van der Waals surface area contributed by atoms with Crippen LogP contribution in [0.4, 0.5) is 10.5 Å². The van der Waals surface area contributed by atoms with Crippen LogP contribution in [0.2, 0.25) is 0 Å². The van der Waals surface area contributed by atoms with E-state index in [1.807, 2.05) is 78.9 Å². The molecule has 1 N–H and O–H groups in total. The molecule has 0 bridgehead atoms. The normalized spacial score (nSPS) is 11.2. The Morgan fingerprint density at radius 2 is 1.38 bits per heavy atom. The van der Waals surface area contributed by atoms with Crippen molar-refractivity contribution in [3.05, 3.63) is 124 Å². The maximum absolute atomic E-state index is 12.4. The van der Waals surface area contributed by atoms with Crippen LogP contribution in [-0.4, -0.2) is 30.1 Å². The Kier molecular flexibility index (Phi) is 8.87. The summed E-state index contributed by atoms with van der Waals surface area (Å²) in [6.07, 6.45) is -0.709. The van der Waals surface area contributed by atoms with Crippen molar-refractivity contribution in [2.75, 3.05) is 7.11 Å². The number of carbonyl (C=O) groups excluding carboxylic acids is 2. The van der Waals surface area contributed by atoms with E-state index in [-0.39, 0.29) is 17.9 Å². The van der Waals surface area contributed by atoms with Gasteiger partial charge in [0.25, 0.3) is 5.69 Å². The molecule has 0 aliphatic heterocycles. The first-order chi connectivity index (χ1) is 18.9. The highest BCUT2D eigenvalue weighted by atomic mass is 16.6. The molecule has 0 aromatic heterocycles. The van der Waals surface area contributed by atoms with Gasteiger partial charge in [0.2, 0.25) is 0 Å². The van der Waals surface area contributed by atoms with Crippen molar-refractivity contribution in [1.29, 1.82) is 0 Å². The smallest absolute Gasteiger partial charge is 0.413 e. The van der Waals surface area contributed by atoms with Crippen molar-refractivity contribution < 1.29 is 28.7 Å². The summed E-state index contributed by atoms with van der Waals surface area (Å²) in [4.78, 5) is 34.9. The average Bonchev–Trinajstić information content (AvgIpc) is 2.97. The van der Waals surface area contributed by atoms with Crippen LogP contribution in [0, 0.1) is 10.1 Å². The van der Waals surface area contributed by atoms with Crippen LogP contribution < -0.4 is 14.8 Å². The molecule has 0 spiro atoms. The van der Waals surface area contributed by atoms with Crippen molar-refractivity contribution >= 4 is 17.7 Å². The van der Waals surface area contributed by atoms with Gasteiger partial charge in [-0.2, -0.15) is 0 Å². The first kappa shape index (κ1) is 26.9. The number of hydrogen-bond acceptors (Lipinski definition) is 7. The minimum Gasteiger partial charge on any atom is -0.489 e. The summed E-state index contributed by atoms with van der Waals surface area (Å²) in [7, 11) is 1.23. The maximum Gasteiger partial charge on any atom is 0.413 e. The van der Waals surface area contributed by atoms with Gasteiger partial charge in [0.05, 0.1) is 12.0 Å². The van der Waals surface area contributed by atoms with E-state index in [0.29, 0.717) is 6.61 Å². The number of nitrogens with one attached hydrogen (secondary N) is 1. The van der Waals surface area contributed by atoms with E-state index in [9.17, 15) is 19.7 Å². The number of ether oxygens (including phenoxy) is 3. The Labute approximate surface area is 225 Å². The van der Waals surface area contributed by atoms with Crippen LogP contribution in [-0.2, 0) is 22.6 Å². The quantitative estimate of drug-likeness (QED) is 0.160. The lowest BCUT2D eigenvalue weighted by Gasteiger charge is -2.16.